The summed E-state index contributed by atoms with van der Waals surface area (Å²) in [4.78, 5) is 13.8. The maximum atomic E-state index is 11.9. The minimum atomic E-state index is 0.121. The average Bonchev–Trinajstić information content (AvgIpc) is 2.46. The molecule has 2 unspecified atom stereocenters. The average molecular weight is 256 g/mol. The first-order valence-electron chi connectivity index (χ1n) is 6.92. The van der Waals surface area contributed by atoms with Gasteiger partial charge in [0.1, 0.15) is 6.61 Å². The molecule has 1 saturated heterocycles. The molecule has 1 aliphatic carbocycles. The summed E-state index contributed by atoms with van der Waals surface area (Å²) >= 11 is 0. The van der Waals surface area contributed by atoms with E-state index in [1.54, 1.807) is 7.11 Å². The van der Waals surface area contributed by atoms with E-state index >= 15 is 0 Å². The number of amides is 1. The van der Waals surface area contributed by atoms with Crippen molar-refractivity contribution in [2.75, 3.05) is 39.9 Å². The fourth-order valence-electron chi connectivity index (χ4n) is 2.66. The second kappa shape index (κ2) is 7.07. The van der Waals surface area contributed by atoms with Gasteiger partial charge in [-0.25, -0.2) is 0 Å². The Morgan fingerprint density at radius 2 is 2.00 bits per heavy atom. The van der Waals surface area contributed by atoms with Crippen molar-refractivity contribution in [3.05, 3.63) is 0 Å². The summed E-state index contributed by atoms with van der Waals surface area (Å²) in [6.45, 7) is 3.60. The Morgan fingerprint density at radius 1 is 1.28 bits per heavy atom. The number of nitrogens with one attached hydrogen (secondary N) is 1. The van der Waals surface area contributed by atoms with E-state index in [0.717, 1.165) is 51.9 Å². The van der Waals surface area contributed by atoms with Gasteiger partial charge in [-0.2, -0.15) is 0 Å². The monoisotopic (exact) mass is 256 g/mol. The van der Waals surface area contributed by atoms with Gasteiger partial charge >= 0.3 is 0 Å². The van der Waals surface area contributed by atoms with Crippen molar-refractivity contribution >= 4 is 5.91 Å². The molecule has 104 valence electrons. The van der Waals surface area contributed by atoms with Gasteiger partial charge in [0.15, 0.2) is 0 Å². The number of hydrogen-bond donors (Lipinski definition) is 1. The first kappa shape index (κ1) is 13.8. The van der Waals surface area contributed by atoms with Gasteiger partial charge in [0.2, 0.25) is 5.91 Å². The number of nitrogens with zero attached hydrogens (tertiary/aromatic N) is 1. The van der Waals surface area contributed by atoms with Crippen LogP contribution in [0.25, 0.3) is 0 Å². The van der Waals surface area contributed by atoms with Crippen molar-refractivity contribution in [2.24, 2.45) is 0 Å². The lowest BCUT2D eigenvalue weighted by Gasteiger charge is -2.30. The first-order valence-corrected chi connectivity index (χ1v) is 6.92. The van der Waals surface area contributed by atoms with Crippen LogP contribution in [0.4, 0.5) is 0 Å². The minimum absolute atomic E-state index is 0.121. The van der Waals surface area contributed by atoms with E-state index in [2.05, 4.69) is 5.32 Å². The highest BCUT2D eigenvalue weighted by Crippen LogP contribution is 2.22. The molecule has 1 heterocycles. The third kappa shape index (κ3) is 3.93. The lowest BCUT2D eigenvalue weighted by atomic mass is 9.95. The van der Waals surface area contributed by atoms with Gasteiger partial charge in [0, 0.05) is 33.3 Å². The molecule has 1 N–H and O–H groups in total. The van der Waals surface area contributed by atoms with Crippen molar-refractivity contribution < 1.29 is 14.3 Å². The maximum absolute atomic E-state index is 11.9. The van der Waals surface area contributed by atoms with Crippen LogP contribution in [0.2, 0.25) is 0 Å². The highest BCUT2D eigenvalue weighted by atomic mass is 16.5. The molecular formula is C13H24N2O3. The summed E-state index contributed by atoms with van der Waals surface area (Å²) in [5, 5.41) is 3.24. The van der Waals surface area contributed by atoms with Gasteiger partial charge in [0.25, 0.3) is 0 Å². The third-order valence-electron chi connectivity index (χ3n) is 3.82. The molecule has 2 atom stereocenters. The number of rotatable bonds is 4. The Balaban J connectivity index is 1.68. The number of carbonyl (C=O) groups is 1. The fraction of sp³-hybridized carbons (Fsp3) is 0.923. The zero-order valence-corrected chi connectivity index (χ0v) is 11.2. The highest BCUT2D eigenvalue weighted by molar-refractivity contribution is 5.77. The summed E-state index contributed by atoms with van der Waals surface area (Å²) in [7, 11) is 1.75. The quantitative estimate of drug-likeness (QED) is 0.790. The van der Waals surface area contributed by atoms with Crippen LogP contribution < -0.4 is 5.32 Å². The van der Waals surface area contributed by atoms with Crippen LogP contribution in [0.3, 0.4) is 0 Å². The number of carbonyl (C=O) groups excluding carboxylic acids is 1. The van der Waals surface area contributed by atoms with Gasteiger partial charge < -0.3 is 19.7 Å². The number of methoxy groups -OCH3 is 1. The van der Waals surface area contributed by atoms with Crippen LogP contribution in [0.1, 0.15) is 25.7 Å². The Labute approximate surface area is 109 Å². The van der Waals surface area contributed by atoms with Crippen LogP contribution in [-0.2, 0) is 14.3 Å². The summed E-state index contributed by atoms with van der Waals surface area (Å²) in [5.74, 6) is 0.121. The van der Waals surface area contributed by atoms with Crippen molar-refractivity contribution in [2.45, 2.75) is 37.9 Å². The molecular weight excluding hydrogens is 232 g/mol. The number of ether oxygens (including phenoxy) is 2. The van der Waals surface area contributed by atoms with E-state index in [9.17, 15) is 4.79 Å². The standard InChI is InChI=1S/C13H24N2O3/c1-17-11-3-2-4-12(9-11)18-10-13(16)15-7-5-14-6-8-15/h11-12,14H,2-10H2,1H3. The van der Waals surface area contributed by atoms with Crippen LogP contribution in [0, 0.1) is 0 Å². The topological polar surface area (TPSA) is 50.8 Å². The molecule has 5 heteroatoms. The van der Waals surface area contributed by atoms with Crippen molar-refractivity contribution in [1.29, 1.82) is 0 Å². The van der Waals surface area contributed by atoms with Gasteiger partial charge in [-0.15, -0.1) is 0 Å². The smallest absolute Gasteiger partial charge is 0.248 e. The van der Waals surface area contributed by atoms with Gasteiger partial charge in [-0.3, -0.25) is 4.79 Å². The molecule has 0 aromatic carbocycles. The summed E-state index contributed by atoms with van der Waals surface area (Å²) in [6.07, 6.45) is 4.71. The molecule has 2 aliphatic rings. The SMILES string of the molecule is COC1CCCC(OCC(=O)N2CCNCC2)C1. The molecule has 0 aromatic rings. The molecule has 0 radical (unpaired) electrons. The predicted molar refractivity (Wildman–Crippen MR) is 68.5 cm³/mol. The molecule has 1 aliphatic heterocycles. The van der Waals surface area contributed by atoms with E-state index in [0.29, 0.717) is 6.10 Å². The maximum Gasteiger partial charge on any atom is 0.248 e. The van der Waals surface area contributed by atoms with Crippen LogP contribution in [0.5, 0.6) is 0 Å². The van der Waals surface area contributed by atoms with Crippen molar-refractivity contribution in [1.82, 2.24) is 10.2 Å². The van der Waals surface area contributed by atoms with E-state index in [-0.39, 0.29) is 18.6 Å². The number of hydrogen-bond acceptors (Lipinski definition) is 4. The third-order valence-corrected chi connectivity index (χ3v) is 3.82. The molecule has 0 bridgehead atoms. The molecule has 5 nitrogen and oxygen atoms in total. The molecule has 2 rings (SSSR count). The fourth-order valence-corrected chi connectivity index (χ4v) is 2.66. The largest absolute Gasteiger partial charge is 0.381 e. The van der Waals surface area contributed by atoms with E-state index in [1.807, 2.05) is 4.90 Å². The molecule has 1 amide bonds. The normalized spacial score (nSPS) is 29.3. The lowest BCUT2D eigenvalue weighted by molar-refractivity contribution is -0.140. The first-order chi connectivity index (χ1) is 8.79. The highest BCUT2D eigenvalue weighted by Gasteiger charge is 2.24. The molecule has 2 fully saturated rings. The molecule has 0 spiro atoms. The zero-order chi connectivity index (χ0) is 12.8. The summed E-state index contributed by atoms with van der Waals surface area (Å²) < 4.78 is 11.1. The van der Waals surface area contributed by atoms with E-state index in [4.69, 9.17) is 9.47 Å². The minimum Gasteiger partial charge on any atom is -0.381 e. The van der Waals surface area contributed by atoms with Crippen LogP contribution in [0.15, 0.2) is 0 Å². The van der Waals surface area contributed by atoms with Gasteiger partial charge in [-0.1, -0.05) is 0 Å². The molecule has 1 saturated carbocycles. The van der Waals surface area contributed by atoms with E-state index < -0.39 is 0 Å². The Morgan fingerprint density at radius 3 is 2.72 bits per heavy atom. The predicted octanol–water partition coefficient (Wildman–Crippen LogP) is 0.392. The summed E-state index contributed by atoms with van der Waals surface area (Å²) in [5.41, 5.74) is 0. The van der Waals surface area contributed by atoms with Crippen LogP contribution >= 0.6 is 0 Å². The second-order valence-corrected chi connectivity index (χ2v) is 5.09. The van der Waals surface area contributed by atoms with Crippen molar-refractivity contribution in [3.8, 4) is 0 Å². The molecule has 0 aromatic heterocycles. The lowest BCUT2D eigenvalue weighted by Crippen LogP contribution is -2.48. The van der Waals surface area contributed by atoms with Gasteiger partial charge in [-0.05, 0) is 25.7 Å². The Bertz CT molecular complexity index is 267. The number of piperazine rings is 1. The zero-order valence-electron chi connectivity index (χ0n) is 11.2. The second-order valence-electron chi connectivity index (χ2n) is 5.09. The van der Waals surface area contributed by atoms with E-state index in [1.165, 1.54) is 0 Å². The summed E-state index contributed by atoms with van der Waals surface area (Å²) in [6, 6.07) is 0. The Hall–Kier alpha value is -0.650. The van der Waals surface area contributed by atoms with Gasteiger partial charge in [0.05, 0.1) is 12.2 Å². The Kier molecular flexibility index (Phi) is 5.41. The van der Waals surface area contributed by atoms with Crippen LogP contribution in [-0.4, -0.2) is 62.9 Å². The molecule has 18 heavy (non-hydrogen) atoms. The van der Waals surface area contributed by atoms with Crippen molar-refractivity contribution in [3.63, 3.8) is 0 Å².